The van der Waals surface area contributed by atoms with E-state index in [1.807, 2.05) is 12.1 Å². The summed E-state index contributed by atoms with van der Waals surface area (Å²) in [7, 11) is 3.04. The quantitative estimate of drug-likeness (QED) is 0.221. The minimum atomic E-state index is 0.275. The van der Waals surface area contributed by atoms with Crippen LogP contribution in [0.2, 0.25) is 0 Å². The van der Waals surface area contributed by atoms with E-state index >= 15 is 0 Å². The number of hydrogen-bond donors (Lipinski definition) is 0. The highest BCUT2D eigenvalue weighted by atomic mass is 16.5. The molecule has 0 heterocycles. The molecule has 5 heteroatoms. The molecule has 168 valence electrons. The summed E-state index contributed by atoms with van der Waals surface area (Å²) in [4.78, 5) is 0. The van der Waals surface area contributed by atoms with Gasteiger partial charge in [-0.3, -0.25) is 0 Å². The summed E-state index contributed by atoms with van der Waals surface area (Å²) in [5, 5.41) is 25.1. The molecular weight excluding hydrogens is 364 g/mol. The van der Waals surface area contributed by atoms with Gasteiger partial charge in [0.2, 0.25) is 0 Å². The van der Waals surface area contributed by atoms with E-state index < -0.39 is 0 Å². The maximum atomic E-state index is 11.6. The topological polar surface area (TPSA) is 61.8 Å². The number of unbranched alkanes of at least 4 members (excludes halogenated alkanes) is 9. The van der Waals surface area contributed by atoms with Crippen LogP contribution >= 0.6 is 0 Å². The zero-order chi connectivity index (χ0) is 21.5. The molecule has 0 spiro atoms. The Balaban J connectivity index is 2.50. The Labute approximate surface area is 178 Å². The van der Waals surface area contributed by atoms with Crippen molar-refractivity contribution in [2.24, 2.45) is 0 Å². The van der Waals surface area contributed by atoms with Gasteiger partial charge in [-0.05, 0) is 32.5 Å². The molecule has 1 aromatic rings. The van der Waals surface area contributed by atoms with Gasteiger partial charge in [0.1, 0.15) is 5.75 Å². The van der Waals surface area contributed by atoms with Crippen LogP contribution in [0.4, 0.5) is 0 Å². The Morgan fingerprint density at radius 3 is 1.59 bits per heavy atom. The van der Waals surface area contributed by atoms with E-state index in [4.69, 9.17) is 4.74 Å². The largest absolute Gasteiger partial charge is 0.785 e. The third-order valence-electron chi connectivity index (χ3n) is 5.24. The third-order valence-corrected chi connectivity index (χ3v) is 5.24. The fourth-order valence-corrected chi connectivity index (χ4v) is 3.69. The second-order valence-corrected chi connectivity index (χ2v) is 8.20. The second-order valence-electron chi connectivity index (χ2n) is 8.20. The Morgan fingerprint density at radius 1 is 0.724 bits per heavy atom. The summed E-state index contributed by atoms with van der Waals surface area (Å²) in [6, 6.07) is 4.08. The van der Waals surface area contributed by atoms with Gasteiger partial charge in [0.25, 0.3) is 0 Å². The molecule has 0 saturated heterocycles. The van der Waals surface area contributed by atoms with Gasteiger partial charge in [-0.1, -0.05) is 83.8 Å². The first-order valence-electron chi connectivity index (χ1n) is 11.5. The van der Waals surface area contributed by atoms with Crippen LogP contribution in [0.25, 0.3) is 0 Å². The predicted molar refractivity (Wildman–Crippen MR) is 123 cm³/mol. The maximum Gasteiger partial charge on any atom is 0.128 e. The summed E-state index contributed by atoms with van der Waals surface area (Å²) in [6.45, 7) is 5.51. The molecule has 0 radical (unpaired) electrons. The van der Waals surface area contributed by atoms with Crippen LogP contribution in [-0.2, 0) is 19.5 Å². The van der Waals surface area contributed by atoms with Crippen LogP contribution in [0.5, 0.6) is 5.75 Å². The maximum absolute atomic E-state index is 11.6. The average Bonchev–Trinajstić information content (AvgIpc) is 2.66. The van der Waals surface area contributed by atoms with Crippen molar-refractivity contribution in [3.63, 3.8) is 0 Å². The third kappa shape index (κ3) is 11.6. The monoisotopic (exact) mass is 406 g/mol. The Hall–Kier alpha value is -1.14. The molecule has 1 rings (SSSR count). The van der Waals surface area contributed by atoms with Gasteiger partial charge < -0.3 is 25.3 Å². The molecule has 0 aliphatic rings. The molecule has 0 aromatic heterocycles. The molecule has 5 nitrogen and oxygen atoms in total. The van der Waals surface area contributed by atoms with Crippen molar-refractivity contribution in [1.29, 1.82) is 0 Å². The Kier molecular flexibility index (Phi) is 14.0. The van der Waals surface area contributed by atoms with Crippen molar-refractivity contribution >= 4 is 0 Å². The van der Waals surface area contributed by atoms with Crippen LogP contribution in [-0.4, -0.2) is 30.8 Å². The van der Waals surface area contributed by atoms with E-state index in [2.05, 4.69) is 13.8 Å². The number of nitrogens with zero attached hydrogens (tertiary/aromatic N) is 2. The van der Waals surface area contributed by atoms with Gasteiger partial charge in [0, 0.05) is 24.2 Å². The van der Waals surface area contributed by atoms with Crippen LogP contribution in [0.1, 0.15) is 94.7 Å². The van der Waals surface area contributed by atoms with E-state index in [9.17, 15) is 10.4 Å². The van der Waals surface area contributed by atoms with Gasteiger partial charge in [-0.2, -0.15) is 0 Å². The normalized spacial score (nSPS) is 11.6. The number of aryl methyl sites for hydroxylation is 1. The van der Waals surface area contributed by atoms with Gasteiger partial charge in [-0.25, -0.2) is 0 Å². The molecule has 0 bridgehead atoms. The van der Waals surface area contributed by atoms with E-state index in [0.717, 1.165) is 51.8 Å². The van der Waals surface area contributed by atoms with E-state index in [1.165, 1.54) is 65.5 Å². The van der Waals surface area contributed by atoms with Crippen molar-refractivity contribution in [3.8, 4) is 5.75 Å². The van der Waals surface area contributed by atoms with Crippen molar-refractivity contribution in [1.82, 2.24) is 10.1 Å². The molecule has 0 atom stereocenters. The van der Waals surface area contributed by atoms with Crippen molar-refractivity contribution in [3.05, 3.63) is 39.2 Å². The average molecular weight is 407 g/mol. The molecule has 0 aliphatic heterocycles. The van der Waals surface area contributed by atoms with E-state index in [1.54, 1.807) is 0 Å². The van der Waals surface area contributed by atoms with Crippen LogP contribution in [0.3, 0.4) is 0 Å². The van der Waals surface area contributed by atoms with Crippen molar-refractivity contribution < 1.29 is 4.74 Å². The number of hydrogen-bond acceptors (Lipinski definition) is 5. The molecule has 0 fully saturated rings. The van der Waals surface area contributed by atoms with E-state index in [-0.39, 0.29) is 13.1 Å². The highest BCUT2D eigenvalue weighted by Crippen LogP contribution is 2.29. The lowest BCUT2D eigenvalue weighted by Crippen LogP contribution is -2.15. The van der Waals surface area contributed by atoms with E-state index in [0.29, 0.717) is 6.61 Å². The SMILES string of the molecule is CCCCCCCCCCCCOc1c(CN(C)[O-])cc(CC)cc1CN(C)[O-]. The molecule has 29 heavy (non-hydrogen) atoms. The molecule has 0 N–H and O–H groups in total. The van der Waals surface area contributed by atoms with Crippen LogP contribution in [0, 0.1) is 10.4 Å². The van der Waals surface area contributed by atoms with Crippen LogP contribution in [0.15, 0.2) is 12.1 Å². The Bertz CT molecular complexity index is 516. The fourth-order valence-electron chi connectivity index (χ4n) is 3.69. The predicted octanol–water partition coefficient (Wildman–Crippen LogP) is 6.41. The zero-order valence-electron chi connectivity index (χ0n) is 19.2. The van der Waals surface area contributed by atoms with Crippen LogP contribution < -0.4 is 4.74 Å². The molecule has 0 unspecified atom stereocenters. The lowest BCUT2D eigenvalue weighted by Gasteiger charge is -2.28. The molecule has 0 aliphatic carbocycles. The highest BCUT2D eigenvalue weighted by molar-refractivity contribution is 5.45. The first-order chi connectivity index (χ1) is 14.0. The minimum absolute atomic E-state index is 0.275. The molecular formula is C24H42N2O3-2. The summed E-state index contributed by atoms with van der Waals surface area (Å²) < 4.78 is 6.11. The zero-order valence-corrected chi connectivity index (χ0v) is 19.2. The summed E-state index contributed by atoms with van der Waals surface area (Å²) >= 11 is 0. The standard InChI is InChI=1S/C24H42N2O3/c1-5-7-8-9-10-11-12-13-14-15-16-29-24-22(19-25(3)27)17-21(6-2)18-23(24)20-26(4)28/h17-18H,5-16,19-20H2,1-4H3/q-2. The van der Waals surface area contributed by atoms with Gasteiger partial charge >= 0.3 is 0 Å². The summed E-state index contributed by atoms with van der Waals surface area (Å²) in [5.41, 5.74) is 2.89. The number of rotatable bonds is 17. The number of hydroxylamine groups is 4. The second kappa shape index (κ2) is 15.7. The lowest BCUT2D eigenvalue weighted by molar-refractivity contribution is 0.289. The molecule has 0 amide bonds. The minimum Gasteiger partial charge on any atom is -0.785 e. The first-order valence-corrected chi connectivity index (χ1v) is 11.5. The first kappa shape index (κ1) is 25.9. The smallest absolute Gasteiger partial charge is 0.128 e. The summed E-state index contributed by atoms with van der Waals surface area (Å²) in [6.07, 6.45) is 13.7. The lowest BCUT2D eigenvalue weighted by atomic mass is 10.0. The van der Waals surface area contributed by atoms with Gasteiger partial charge in [0.15, 0.2) is 0 Å². The van der Waals surface area contributed by atoms with Gasteiger partial charge in [0.05, 0.1) is 6.61 Å². The number of ether oxygens (including phenoxy) is 1. The fraction of sp³-hybridized carbons (Fsp3) is 0.750. The van der Waals surface area contributed by atoms with Crippen molar-refractivity contribution in [2.75, 3.05) is 20.7 Å². The Morgan fingerprint density at radius 2 is 1.17 bits per heavy atom. The molecule has 0 saturated carbocycles. The van der Waals surface area contributed by atoms with Gasteiger partial charge in [-0.15, -0.1) is 0 Å². The summed E-state index contributed by atoms with van der Waals surface area (Å²) in [5.74, 6) is 0.725. The highest BCUT2D eigenvalue weighted by Gasteiger charge is 2.12. The van der Waals surface area contributed by atoms with Crippen molar-refractivity contribution in [2.45, 2.75) is 97.6 Å². The molecule has 1 aromatic carbocycles. The number of benzene rings is 1.